The first-order chi connectivity index (χ1) is 36.9. The van der Waals surface area contributed by atoms with Crippen LogP contribution >= 0.6 is 11.8 Å². The predicted octanol–water partition coefficient (Wildman–Crippen LogP) is 4.18. The smallest absolute Gasteiger partial charge is 0.315 e. The van der Waals surface area contributed by atoms with E-state index in [0.717, 1.165) is 42.2 Å². The number of benzene rings is 2. The number of aromatic nitrogens is 4. The lowest BCUT2D eigenvalue weighted by molar-refractivity contribution is -0.393. The van der Waals surface area contributed by atoms with Gasteiger partial charge in [-0.3, -0.25) is 34.6 Å². The van der Waals surface area contributed by atoms with Crippen molar-refractivity contribution in [1.82, 2.24) is 46.5 Å². The molecular formula is C49H69N13O13S. The number of nitro groups is 2. The number of hydrogen-bond donors (Lipinski definition) is 8. The van der Waals surface area contributed by atoms with Gasteiger partial charge in [-0.2, -0.15) is 21.7 Å². The lowest BCUT2D eigenvalue weighted by Gasteiger charge is -2.19. The van der Waals surface area contributed by atoms with E-state index in [-0.39, 0.29) is 86.6 Å². The molecule has 0 spiro atoms. The number of amides is 5. The van der Waals surface area contributed by atoms with Gasteiger partial charge < -0.3 is 66.3 Å². The molecule has 2 aromatic heterocycles. The van der Waals surface area contributed by atoms with Gasteiger partial charge in [0, 0.05) is 49.5 Å². The van der Waals surface area contributed by atoms with Crippen molar-refractivity contribution in [2.24, 2.45) is 0 Å². The van der Waals surface area contributed by atoms with E-state index in [1.807, 2.05) is 36.0 Å². The molecule has 2 aromatic carbocycles. The molecule has 0 radical (unpaired) electrons. The number of nitrogens with one attached hydrogen (secondary N) is 7. The number of fused-ring (bicyclic) bond motifs is 2. The van der Waals surface area contributed by atoms with Crippen LogP contribution in [0.3, 0.4) is 0 Å². The van der Waals surface area contributed by atoms with Gasteiger partial charge in [-0.25, -0.2) is 9.78 Å². The quantitative estimate of drug-likeness (QED) is 0.0135. The van der Waals surface area contributed by atoms with Crippen LogP contribution in [0.15, 0.2) is 48.8 Å². The molecule has 2 fully saturated rings. The number of nitrogen functional groups attached to an aromatic ring is 1. The monoisotopic (exact) mass is 1080 g/mol. The number of thioether (sulfide) groups is 1. The van der Waals surface area contributed by atoms with E-state index in [0.29, 0.717) is 114 Å². The van der Waals surface area contributed by atoms with E-state index in [9.17, 15) is 39.4 Å². The van der Waals surface area contributed by atoms with E-state index in [2.05, 4.69) is 51.8 Å². The van der Waals surface area contributed by atoms with Crippen LogP contribution < -0.4 is 42.4 Å². The molecule has 2 aliphatic heterocycles. The van der Waals surface area contributed by atoms with Gasteiger partial charge in [0.15, 0.2) is 11.2 Å². The molecule has 0 aliphatic carbocycles. The first-order valence-corrected chi connectivity index (χ1v) is 26.7. The van der Waals surface area contributed by atoms with Crippen molar-refractivity contribution in [1.29, 1.82) is 0 Å². The number of non-ortho nitro benzene ring substituents is 1. The molecule has 27 heteroatoms. The average molecular weight is 1080 g/mol. The molecule has 9 N–H and O–H groups in total. The number of hydrogen-bond acceptors (Lipinski definition) is 19. The molecule has 76 heavy (non-hydrogen) atoms. The van der Waals surface area contributed by atoms with Crippen molar-refractivity contribution >= 4 is 69.7 Å². The molecule has 2 aliphatic rings. The Kier molecular flexibility index (Phi) is 24.4. The number of carbonyl (C=O) groups excluding carboxylic acids is 4. The Morgan fingerprint density at radius 2 is 1.46 bits per heavy atom. The van der Waals surface area contributed by atoms with Crippen molar-refractivity contribution in [3.8, 4) is 5.88 Å². The number of ether oxygens (including phenoxy) is 5. The highest BCUT2D eigenvalue weighted by atomic mass is 32.2. The molecular weight excluding hydrogens is 1010 g/mol. The van der Waals surface area contributed by atoms with E-state index >= 15 is 0 Å². The van der Waals surface area contributed by atoms with Crippen molar-refractivity contribution in [2.75, 3.05) is 82.7 Å². The molecule has 6 rings (SSSR count). The fourth-order valence-electron chi connectivity index (χ4n) is 8.37. The maximum atomic E-state index is 13.3. The largest absolute Gasteiger partial charge is 0.471 e. The summed E-state index contributed by atoms with van der Waals surface area (Å²) in [5.74, 6) is 0.627. The number of H-pyrrole nitrogens is 1. The summed E-state index contributed by atoms with van der Waals surface area (Å²) >= 11 is 1.86. The molecule has 0 saturated carbocycles. The highest BCUT2D eigenvalue weighted by Crippen LogP contribution is 2.33. The SMILES string of the molecule is Nc1nc(OCc2ccc(COCCOCCOCCOCCNC(=O)C(CCCCNc3ccc([N+](=O)[O-])cc3[N+](=O)[O-])NC(=O)CCCCCNC(=O)CCCC[C@H]3SC[C@H]4NC(=O)N[C@H]43)cc2)c2nc[nH]c2n1. The van der Waals surface area contributed by atoms with Crippen LogP contribution in [-0.2, 0) is 46.5 Å². The lowest BCUT2D eigenvalue weighted by Crippen LogP contribution is -2.47. The molecule has 5 amide bonds. The molecule has 26 nitrogen and oxygen atoms in total. The van der Waals surface area contributed by atoms with Crippen molar-refractivity contribution in [3.05, 3.63) is 80.1 Å². The van der Waals surface area contributed by atoms with Gasteiger partial charge >= 0.3 is 6.03 Å². The minimum Gasteiger partial charge on any atom is -0.471 e. The first-order valence-electron chi connectivity index (χ1n) is 25.6. The maximum Gasteiger partial charge on any atom is 0.315 e. The number of unbranched alkanes of at least 4 members (excludes halogenated alkanes) is 4. The maximum absolute atomic E-state index is 13.3. The van der Waals surface area contributed by atoms with E-state index in [4.69, 9.17) is 29.4 Å². The summed E-state index contributed by atoms with van der Waals surface area (Å²) in [6, 6.07) is 10.6. The van der Waals surface area contributed by atoms with Crippen LogP contribution in [0.4, 0.5) is 27.8 Å². The van der Waals surface area contributed by atoms with Crippen LogP contribution in [0.1, 0.15) is 81.8 Å². The second-order valence-electron chi connectivity index (χ2n) is 18.1. The number of urea groups is 1. The van der Waals surface area contributed by atoms with Crippen molar-refractivity contribution in [3.63, 3.8) is 0 Å². The summed E-state index contributed by atoms with van der Waals surface area (Å²) in [5.41, 5.74) is 8.02. The highest BCUT2D eigenvalue weighted by molar-refractivity contribution is 8.00. The summed E-state index contributed by atoms with van der Waals surface area (Å²) in [4.78, 5) is 86.9. The molecule has 0 bridgehead atoms. The van der Waals surface area contributed by atoms with Crippen LogP contribution in [0, 0.1) is 20.2 Å². The Bertz CT molecular complexity index is 2510. The van der Waals surface area contributed by atoms with E-state index < -0.39 is 27.3 Å². The first kappa shape index (κ1) is 58.3. The fourth-order valence-corrected chi connectivity index (χ4v) is 9.92. The van der Waals surface area contributed by atoms with Gasteiger partial charge in [0.2, 0.25) is 29.5 Å². The minimum absolute atomic E-state index is 0.0101. The van der Waals surface area contributed by atoms with E-state index in [1.54, 1.807) is 0 Å². The summed E-state index contributed by atoms with van der Waals surface area (Å²) in [6.07, 6.45) is 7.95. The molecule has 4 aromatic rings. The number of nitrogens with two attached hydrogens (primary N) is 1. The zero-order valence-corrected chi connectivity index (χ0v) is 43.2. The molecule has 414 valence electrons. The second-order valence-corrected chi connectivity index (χ2v) is 19.3. The van der Waals surface area contributed by atoms with Crippen LogP contribution in [0.25, 0.3) is 11.2 Å². The zero-order chi connectivity index (χ0) is 53.9. The number of imidazole rings is 1. The Labute approximate surface area is 443 Å². The third-order valence-corrected chi connectivity index (χ3v) is 13.9. The number of aromatic amines is 1. The number of nitrogens with zero attached hydrogens (tertiary/aromatic N) is 5. The summed E-state index contributed by atoms with van der Waals surface area (Å²) in [6.45, 7) is 4.03. The molecule has 1 unspecified atom stereocenters. The highest BCUT2D eigenvalue weighted by Gasteiger charge is 2.42. The third-order valence-electron chi connectivity index (χ3n) is 12.4. The average Bonchev–Trinajstić information content (AvgIpc) is 4.14. The summed E-state index contributed by atoms with van der Waals surface area (Å²) in [7, 11) is 0. The van der Waals surface area contributed by atoms with Crippen LogP contribution in [0.5, 0.6) is 5.88 Å². The molecule has 4 atom stereocenters. The summed E-state index contributed by atoms with van der Waals surface area (Å²) < 4.78 is 28.4. The number of carbonyl (C=O) groups is 4. The second kappa shape index (κ2) is 31.8. The number of anilines is 2. The van der Waals surface area contributed by atoms with Gasteiger partial charge in [-0.05, 0) is 62.1 Å². The third kappa shape index (κ3) is 20.0. The molecule has 2 saturated heterocycles. The Morgan fingerprint density at radius 1 is 0.763 bits per heavy atom. The van der Waals surface area contributed by atoms with Crippen molar-refractivity contribution in [2.45, 2.75) is 107 Å². The van der Waals surface area contributed by atoms with Gasteiger partial charge in [0.25, 0.3) is 11.4 Å². The number of nitro benzene ring substituents is 2. The number of rotatable bonds is 38. The van der Waals surface area contributed by atoms with E-state index in [1.165, 1.54) is 18.5 Å². The topological polar surface area (TPSA) is 353 Å². The standard InChI is InChI=1S/C49H69N13O13S/c50-48-59-45-44(54-32-55-45)47(60-48)75-30-34-14-12-33(13-15-34)29-74-27-26-73-25-24-72-23-22-71-21-20-53-46(65)37(8-5-7-18-51-36-17-16-35(61(67)68)28-39(36)62(69)70)56-42(64)11-2-1-6-19-52-41(63)10-4-3-9-40-43-38(31-76-40)57-49(66)58-43/h12-17,28,32,37-38,40,43,51H,1-11,18-27,29-31H2,(H,52,63)(H,53,65)(H,56,64)(H2,57,58,66)(H3,50,54,55,59,60)/t37?,38-,40-,43-/m1/s1. The zero-order valence-electron chi connectivity index (χ0n) is 42.4. The Balaban J connectivity index is 0.790. The Morgan fingerprint density at radius 3 is 2.21 bits per heavy atom. The Hall–Kier alpha value is -6.94. The van der Waals surface area contributed by atoms with Crippen LogP contribution in [-0.4, -0.2) is 149 Å². The molecule has 4 heterocycles. The predicted molar refractivity (Wildman–Crippen MR) is 281 cm³/mol. The minimum atomic E-state index is -0.845. The van der Waals surface area contributed by atoms with Gasteiger partial charge in [-0.1, -0.05) is 37.1 Å². The normalized spacial score (nSPS) is 16.1. The van der Waals surface area contributed by atoms with Gasteiger partial charge in [-0.15, -0.1) is 0 Å². The lowest BCUT2D eigenvalue weighted by atomic mass is 10.0. The fraction of sp³-hybridized carbons (Fsp3) is 0.571. The van der Waals surface area contributed by atoms with Crippen molar-refractivity contribution < 1.29 is 52.7 Å². The van der Waals surface area contributed by atoms with Gasteiger partial charge in [0.05, 0.1) is 87.2 Å². The van der Waals surface area contributed by atoms with Crippen LogP contribution in [0.2, 0.25) is 0 Å². The van der Waals surface area contributed by atoms with Gasteiger partial charge in [0.1, 0.15) is 18.3 Å². The summed E-state index contributed by atoms with van der Waals surface area (Å²) in [5, 5.41) is 40.5.